The Hall–Kier alpha value is -2.40. The summed E-state index contributed by atoms with van der Waals surface area (Å²) in [4.78, 5) is 12.0. The van der Waals surface area contributed by atoms with Gasteiger partial charge >= 0.3 is 0 Å². The van der Waals surface area contributed by atoms with Crippen LogP contribution in [0, 0.1) is 12.7 Å². The fraction of sp³-hybridized carbons (Fsp3) is 0.133. The maximum Gasteiger partial charge on any atom is 0.253 e. The van der Waals surface area contributed by atoms with Crippen molar-refractivity contribution in [3.8, 4) is 0 Å². The molecule has 0 aliphatic carbocycles. The molecule has 1 amide bonds. The molecule has 4 N–H and O–H groups in total. The molecule has 0 unspecified atom stereocenters. The van der Waals surface area contributed by atoms with Gasteiger partial charge < -0.3 is 10.7 Å². The molecule has 0 atom stereocenters. The van der Waals surface area contributed by atoms with Gasteiger partial charge in [-0.15, -0.1) is 0 Å². The molecule has 20 heavy (non-hydrogen) atoms. The Labute approximate surface area is 116 Å². The number of halogens is 1. The Morgan fingerprint density at radius 3 is 2.55 bits per heavy atom. The number of carbonyl (C=O) groups is 1. The first kappa shape index (κ1) is 14.0. The minimum Gasteiger partial charge on any atom is -0.348 e. The van der Waals surface area contributed by atoms with Gasteiger partial charge in [-0.1, -0.05) is 35.9 Å². The second-order valence-corrected chi connectivity index (χ2v) is 4.48. The monoisotopic (exact) mass is 273 g/mol. The van der Waals surface area contributed by atoms with Crippen molar-refractivity contribution < 1.29 is 9.18 Å². The Bertz CT molecular complexity index is 611. The van der Waals surface area contributed by atoms with E-state index in [0.29, 0.717) is 6.54 Å². The third kappa shape index (κ3) is 3.13. The lowest BCUT2D eigenvalue weighted by molar-refractivity contribution is 0.0951. The van der Waals surface area contributed by atoms with Crippen LogP contribution in [0.4, 0.5) is 10.1 Å². The molecule has 0 saturated carbocycles. The molecule has 0 fully saturated rings. The molecular weight excluding hydrogens is 257 g/mol. The number of hydrogen-bond donors (Lipinski definition) is 3. The molecule has 2 rings (SSSR count). The van der Waals surface area contributed by atoms with Crippen LogP contribution in [0.3, 0.4) is 0 Å². The maximum atomic E-state index is 13.5. The van der Waals surface area contributed by atoms with E-state index in [1.54, 1.807) is 0 Å². The van der Waals surface area contributed by atoms with Crippen molar-refractivity contribution in [2.45, 2.75) is 13.5 Å². The van der Waals surface area contributed by atoms with E-state index in [1.807, 2.05) is 31.2 Å². The van der Waals surface area contributed by atoms with Crippen molar-refractivity contribution in [3.63, 3.8) is 0 Å². The number of nitrogens with two attached hydrogens (primary N) is 1. The lowest BCUT2D eigenvalue weighted by atomic mass is 10.1. The molecule has 0 aromatic heterocycles. The molecule has 0 saturated heterocycles. The predicted octanol–water partition coefficient (Wildman–Crippen LogP) is 2.35. The number of amides is 1. The summed E-state index contributed by atoms with van der Waals surface area (Å²) in [5.74, 6) is 4.31. The van der Waals surface area contributed by atoms with Crippen molar-refractivity contribution in [2.24, 2.45) is 5.84 Å². The number of aryl methyl sites for hydroxylation is 1. The standard InChI is InChI=1S/C15H16FN3O/c1-10-5-7-11(8-6-10)9-18-15(20)12-3-2-4-13(16)14(12)19-17/h2-8,19H,9,17H2,1H3,(H,18,20). The number of carbonyl (C=O) groups excluding carboxylic acids is 1. The van der Waals surface area contributed by atoms with Gasteiger partial charge in [0.25, 0.3) is 5.91 Å². The summed E-state index contributed by atoms with van der Waals surface area (Å²) < 4.78 is 13.5. The Morgan fingerprint density at radius 1 is 1.20 bits per heavy atom. The summed E-state index contributed by atoms with van der Waals surface area (Å²) in [6.07, 6.45) is 0. The van der Waals surface area contributed by atoms with Gasteiger partial charge in [-0.05, 0) is 24.6 Å². The van der Waals surface area contributed by atoms with Crippen molar-refractivity contribution in [1.82, 2.24) is 5.32 Å². The van der Waals surface area contributed by atoms with Crippen LogP contribution in [0.1, 0.15) is 21.5 Å². The minimum atomic E-state index is -0.560. The van der Waals surface area contributed by atoms with Gasteiger partial charge in [-0.25, -0.2) is 4.39 Å². The summed E-state index contributed by atoms with van der Waals surface area (Å²) in [5, 5.41) is 2.74. The van der Waals surface area contributed by atoms with Gasteiger partial charge in [-0.3, -0.25) is 10.6 Å². The van der Waals surface area contributed by atoms with Crippen LogP contribution in [-0.4, -0.2) is 5.91 Å². The van der Waals surface area contributed by atoms with Gasteiger partial charge in [0.2, 0.25) is 0 Å². The summed E-state index contributed by atoms with van der Waals surface area (Å²) in [6.45, 7) is 2.37. The number of rotatable bonds is 4. The molecule has 5 heteroatoms. The van der Waals surface area contributed by atoms with Crippen LogP contribution in [-0.2, 0) is 6.54 Å². The molecule has 0 spiro atoms. The van der Waals surface area contributed by atoms with E-state index in [9.17, 15) is 9.18 Å². The Morgan fingerprint density at radius 2 is 1.90 bits per heavy atom. The zero-order valence-corrected chi connectivity index (χ0v) is 11.1. The van der Waals surface area contributed by atoms with Crippen molar-refractivity contribution >= 4 is 11.6 Å². The van der Waals surface area contributed by atoms with Crippen LogP contribution in [0.15, 0.2) is 42.5 Å². The topological polar surface area (TPSA) is 67.2 Å². The summed E-state index contributed by atoms with van der Waals surface area (Å²) >= 11 is 0. The lowest BCUT2D eigenvalue weighted by Gasteiger charge is -2.10. The molecular formula is C15H16FN3O. The van der Waals surface area contributed by atoms with Crippen molar-refractivity contribution in [2.75, 3.05) is 5.43 Å². The first-order chi connectivity index (χ1) is 9.61. The van der Waals surface area contributed by atoms with E-state index < -0.39 is 5.82 Å². The second kappa shape index (κ2) is 6.16. The van der Waals surface area contributed by atoms with Crippen molar-refractivity contribution in [3.05, 3.63) is 65.0 Å². The summed E-state index contributed by atoms with van der Waals surface area (Å²) in [5.41, 5.74) is 4.52. The molecule has 2 aromatic rings. The average Bonchev–Trinajstić information content (AvgIpc) is 2.46. The van der Waals surface area contributed by atoms with Gasteiger partial charge in [0, 0.05) is 6.54 Å². The first-order valence-electron chi connectivity index (χ1n) is 6.20. The largest absolute Gasteiger partial charge is 0.348 e. The third-order valence-electron chi connectivity index (χ3n) is 2.98. The summed E-state index contributed by atoms with van der Waals surface area (Å²) in [7, 11) is 0. The molecule has 0 heterocycles. The third-order valence-corrected chi connectivity index (χ3v) is 2.98. The van der Waals surface area contributed by atoms with E-state index in [2.05, 4.69) is 10.7 Å². The zero-order chi connectivity index (χ0) is 14.5. The maximum absolute atomic E-state index is 13.5. The van der Waals surface area contributed by atoms with Crippen LogP contribution in [0.2, 0.25) is 0 Å². The smallest absolute Gasteiger partial charge is 0.253 e. The average molecular weight is 273 g/mol. The molecule has 104 valence electrons. The molecule has 0 radical (unpaired) electrons. The number of nitrogens with one attached hydrogen (secondary N) is 2. The van der Waals surface area contributed by atoms with Gasteiger partial charge in [-0.2, -0.15) is 0 Å². The zero-order valence-electron chi connectivity index (χ0n) is 11.1. The number of nitrogen functional groups attached to an aromatic ring is 1. The molecule has 2 aromatic carbocycles. The van der Waals surface area contributed by atoms with E-state index in [1.165, 1.54) is 18.2 Å². The van der Waals surface area contributed by atoms with Crippen molar-refractivity contribution in [1.29, 1.82) is 0 Å². The SMILES string of the molecule is Cc1ccc(CNC(=O)c2cccc(F)c2NN)cc1. The molecule has 0 bridgehead atoms. The van der Waals surface area contributed by atoms with Gasteiger partial charge in [0.1, 0.15) is 5.82 Å². The number of anilines is 1. The highest BCUT2D eigenvalue weighted by Gasteiger charge is 2.13. The highest BCUT2D eigenvalue weighted by atomic mass is 19.1. The van der Waals surface area contributed by atoms with E-state index in [-0.39, 0.29) is 17.2 Å². The van der Waals surface area contributed by atoms with Crippen LogP contribution in [0.5, 0.6) is 0 Å². The second-order valence-electron chi connectivity index (χ2n) is 4.48. The normalized spacial score (nSPS) is 10.2. The highest BCUT2D eigenvalue weighted by molar-refractivity contribution is 5.99. The highest BCUT2D eigenvalue weighted by Crippen LogP contribution is 2.18. The van der Waals surface area contributed by atoms with E-state index >= 15 is 0 Å². The van der Waals surface area contributed by atoms with E-state index in [4.69, 9.17) is 5.84 Å². The van der Waals surface area contributed by atoms with Crippen LogP contribution < -0.4 is 16.6 Å². The van der Waals surface area contributed by atoms with Gasteiger partial charge in [0.05, 0.1) is 11.3 Å². The van der Waals surface area contributed by atoms with E-state index in [0.717, 1.165) is 11.1 Å². The molecule has 0 aliphatic rings. The summed E-state index contributed by atoms with van der Waals surface area (Å²) in [6, 6.07) is 12.0. The van der Waals surface area contributed by atoms with Crippen LogP contribution >= 0.6 is 0 Å². The van der Waals surface area contributed by atoms with Gasteiger partial charge in [0.15, 0.2) is 0 Å². The number of hydrazine groups is 1. The molecule has 4 nitrogen and oxygen atoms in total. The lowest BCUT2D eigenvalue weighted by Crippen LogP contribution is -2.25. The molecule has 0 aliphatic heterocycles. The number of para-hydroxylation sites is 1. The fourth-order valence-corrected chi connectivity index (χ4v) is 1.84. The first-order valence-corrected chi connectivity index (χ1v) is 6.20. The fourth-order valence-electron chi connectivity index (χ4n) is 1.84. The Kier molecular flexibility index (Phi) is 4.32. The Balaban J connectivity index is 2.09. The van der Waals surface area contributed by atoms with Crippen LogP contribution in [0.25, 0.3) is 0 Å². The number of hydrogen-bond acceptors (Lipinski definition) is 3. The predicted molar refractivity (Wildman–Crippen MR) is 76.6 cm³/mol. The minimum absolute atomic E-state index is 0.00564. The number of benzene rings is 2. The quantitative estimate of drug-likeness (QED) is 0.591.